The highest BCUT2D eigenvalue weighted by Gasteiger charge is 1.82. The van der Waals surface area contributed by atoms with Gasteiger partial charge in [0.2, 0.25) is 0 Å². The highest BCUT2D eigenvalue weighted by molar-refractivity contribution is 5.64. The van der Waals surface area contributed by atoms with E-state index in [4.69, 9.17) is 0 Å². The van der Waals surface area contributed by atoms with E-state index in [1.165, 1.54) is 0 Å². The highest BCUT2D eigenvalue weighted by atomic mass is 16.5. The SMILES string of the molecule is CC(C)C=O.CCOC(N)=O. The van der Waals surface area contributed by atoms with Gasteiger partial charge in [-0.15, -0.1) is 0 Å². The van der Waals surface area contributed by atoms with E-state index >= 15 is 0 Å². The fraction of sp³-hybridized carbons (Fsp3) is 0.714. The first-order chi connectivity index (χ1) is 5.04. The molecule has 0 unspecified atom stereocenters. The summed E-state index contributed by atoms with van der Waals surface area (Å²) in [5.74, 6) is 0.204. The molecular formula is C7H15NO3. The summed E-state index contributed by atoms with van der Waals surface area (Å²) >= 11 is 0. The lowest BCUT2D eigenvalue weighted by molar-refractivity contribution is -0.110. The zero-order chi connectivity index (χ0) is 9.28. The Balaban J connectivity index is 0. The molecule has 0 rings (SSSR count). The van der Waals surface area contributed by atoms with Gasteiger partial charge in [0.25, 0.3) is 0 Å². The Morgan fingerprint density at radius 2 is 2.00 bits per heavy atom. The van der Waals surface area contributed by atoms with E-state index in [0.717, 1.165) is 6.29 Å². The number of carbonyl (C=O) groups is 2. The molecule has 1 amide bonds. The molecule has 0 aliphatic heterocycles. The molecule has 0 atom stereocenters. The summed E-state index contributed by atoms with van der Waals surface area (Å²) in [6, 6.07) is 0. The van der Waals surface area contributed by atoms with Gasteiger partial charge in [-0.1, -0.05) is 13.8 Å². The van der Waals surface area contributed by atoms with E-state index in [1.807, 2.05) is 13.8 Å². The van der Waals surface area contributed by atoms with Gasteiger partial charge < -0.3 is 15.3 Å². The van der Waals surface area contributed by atoms with Crippen molar-refractivity contribution in [2.24, 2.45) is 11.7 Å². The number of aldehydes is 1. The maximum absolute atomic E-state index is 9.60. The van der Waals surface area contributed by atoms with Crippen LogP contribution in [-0.2, 0) is 9.53 Å². The Hall–Kier alpha value is -1.06. The molecule has 4 heteroatoms. The molecule has 0 aliphatic rings. The summed E-state index contributed by atoms with van der Waals surface area (Å²) in [7, 11) is 0. The lowest BCUT2D eigenvalue weighted by Crippen LogP contribution is -2.11. The topological polar surface area (TPSA) is 69.4 Å². The molecular weight excluding hydrogens is 146 g/mol. The Morgan fingerprint density at radius 1 is 1.64 bits per heavy atom. The second kappa shape index (κ2) is 8.94. The minimum atomic E-state index is -0.711. The number of hydrogen-bond donors (Lipinski definition) is 1. The number of carbonyl (C=O) groups excluding carboxylic acids is 2. The molecule has 11 heavy (non-hydrogen) atoms. The van der Waals surface area contributed by atoms with Crippen molar-refractivity contribution >= 4 is 12.4 Å². The monoisotopic (exact) mass is 161 g/mol. The molecule has 0 aromatic carbocycles. The molecule has 0 saturated carbocycles. The standard InChI is InChI=1S/C4H8O.C3H7NO2/c1-4(2)3-5;1-2-6-3(4)5/h3-4H,1-2H3;2H2,1H3,(H2,4,5). The van der Waals surface area contributed by atoms with Crippen LogP contribution < -0.4 is 5.73 Å². The number of amides is 1. The van der Waals surface area contributed by atoms with Gasteiger partial charge in [0.05, 0.1) is 6.61 Å². The van der Waals surface area contributed by atoms with Gasteiger partial charge in [0, 0.05) is 5.92 Å². The van der Waals surface area contributed by atoms with Gasteiger partial charge in [0.1, 0.15) is 6.29 Å². The molecule has 0 spiro atoms. The molecule has 0 aromatic heterocycles. The summed E-state index contributed by atoms with van der Waals surface area (Å²) in [5, 5.41) is 0. The smallest absolute Gasteiger partial charge is 0.404 e. The van der Waals surface area contributed by atoms with Crippen LogP contribution >= 0.6 is 0 Å². The van der Waals surface area contributed by atoms with Crippen LogP contribution in [0.2, 0.25) is 0 Å². The number of rotatable bonds is 2. The maximum atomic E-state index is 9.60. The largest absolute Gasteiger partial charge is 0.450 e. The lowest BCUT2D eigenvalue weighted by atomic mass is 10.3. The van der Waals surface area contributed by atoms with Gasteiger partial charge in [-0.2, -0.15) is 0 Å². The summed E-state index contributed by atoms with van der Waals surface area (Å²) in [6.45, 7) is 5.76. The molecule has 0 aromatic rings. The first kappa shape index (κ1) is 12.6. The van der Waals surface area contributed by atoms with E-state index in [2.05, 4.69) is 10.5 Å². The second-order valence-corrected chi connectivity index (χ2v) is 2.13. The molecule has 0 bridgehead atoms. The van der Waals surface area contributed by atoms with Gasteiger partial charge in [-0.05, 0) is 6.92 Å². The van der Waals surface area contributed by atoms with Crippen LogP contribution in [-0.4, -0.2) is 19.0 Å². The quantitative estimate of drug-likeness (QED) is 0.613. The van der Waals surface area contributed by atoms with Crippen molar-refractivity contribution in [3.63, 3.8) is 0 Å². The second-order valence-electron chi connectivity index (χ2n) is 2.13. The Morgan fingerprint density at radius 3 is 2.00 bits per heavy atom. The van der Waals surface area contributed by atoms with Crippen molar-refractivity contribution in [2.75, 3.05) is 6.61 Å². The third-order valence-electron chi connectivity index (χ3n) is 0.559. The van der Waals surface area contributed by atoms with Crippen LogP contribution in [0, 0.1) is 5.92 Å². The average Bonchev–Trinajstić information content (AvgIpc) is 1.89. The number of hydrogen-bond acceptors (Lipinski definition) is 3. The van der Waals surface area contributed by atoms with Crippen LogP contribution in [0.3, 0.4) is 0 Å². The third kappa shape index (κ3) is 27.7. The maximum Gasteiger partial charge on any atom is 0.404 e. The average molecular weight is 161 g/mol. The van der Waals surface area contributed by atoms with Crippen LogP contribution in [0.5, 0.6) is 0 Å². The van der Waals surface area contributed by atoms with Crippen molar-refractivity contribution in [2.45, 2.75) is 20.8 Å². The first-order valence-corrected chi connectivity index (χ1v) is 3.42. The summed E-state index contributed by atoms with van der Waals surface area (Å²) in [4.78, 5) is 19.1. The molecule has 0 saturated heterocycles. The van der Waals surface area contributed by atoms with Gasteiger partial charge in [-0.3, -0.25) is 0 Å². The Labute approximate surface area is 66.7 Å². The Kier molecular flexibility index (Phi) is 10.2. The molecule has 0 heterocycles. The Bertz CT molecular complexity index is 112. The molecule has 4 nitrogen and oxygen atoms in total. The lowest BCUT2D eigenvalue weighted by Gasteiger charge is -1.89. The first-order valence-electron chi connectivity index (χ1n) is 3.42. The van der Waals surface area contributed by atoms with Crippen LogP contribution in [0.1, 0.15) is 20.8 Å². The van der Waals surface area contributed by atoms with Crippen molar-refractivity contribution < 1.29 is 14.3 Å². The van der Waals surface area contributed by atoms with Gasteiger partial charge in [0.15, 0.2) is 0 Å². The molecule has 2 N–H and O–H groups in total. The van der Waals surface area contributed by atoms with Crippen molar-refractivity contribution in [3.8, 4) is 0 Å². The van der Waals surface area contributed by atoms with Crippen LogP contribution in [0.15, 0.2) is 0 Å². The van der Waals surface area contributed by atoms with E-state index in [-0.39, 0.29) is 5.92 Å². The molecule has 0 aliphatic carbocycles. The minimum absolute atomic E-state index is 0.204. The summed E-state index contributed by atoms with van der Waals surface area (Å²) in [5.41, 5.74) is 4.54. The van der Waals surface area contributed by atoms with Gasteiger partial charge >= 0.3 is 6.09 Å². The number of nitrogens with two attached hydrogens (primary N) is 1. The summed E-state index contributed by atoms with van der Waals surface area (Å²) in [6.07, 6.45) is 0.206. The predicted octanol–water partition coefficient (Wildman–Crippen LogP) is 0.943. The zero-order valence-electron chi connectivity index (χ0n) is 7.16. The zero-order valence-corrected chi connectivity index (χ0v) is 7.16. The van der Waals surface area contributed by atoms with E-state index < -0.39 is 6.09 Å². The van der Waals surface area contributed by atoms with E-state index in [9.17, 15) is 9.59 Å². The molecule has 0 fully saturated rings. The van der Waals surface area contributed by atoms with Crippen LogP contribution in [0.25, 0.3) is 0 Å². The number of primary amides is 1. The summed E-state index contributed by atoms with van der Waals surface area (Å²) < 4.78 is 4.18. The van der Waals surface area contributed by atoms with Crippen molar-refractivity contribution in [1.82, 2.24) is 0 Å². The third-order valence-corrected chi connectivity index (χ3v) is 0.559. The van der Waals surface area contributed by atoms with E-state index in [1.54, 1.807) is 6.92 Å². The van der Waals surface area contributed by atoms with E-state index in [0.29, 0.717) is 6.61 Å². The number of ether oxygens (including phenoxy) is 1. The fourth-order valence-electron chi connectivity index (χ4n) is 0.142. The normalized spacial score (nSPS) is 8.00. The van der Waals surface area contributed by atoms with Crippen LogP contribution in [0.4, 0.5) is 4.79 Å². The molecule has 0 radical (unpaired) electrons. The molecule has 66 valence electrons. The minimum Gasteiger partial charge on any atom is -0.450 e. The van der Waals surface area contributed by atoms with Gasteiger partial charge in [-0.25, -0.2) is 4.79 Å². The highest BCUT2D eigenvalue weighted by Crippen LogP contribution is 1.78. The van der Waals surface area contributed by atoms with Crippen molar-refractivity contribution in [3.05, 3.63) is 0 Å². The predicted molar refractivity (Wildman–Crippen MR) is 42.1 cm³/mol. The van der Waals surface area contributed by atoms with Crippen molar-refractivity contribution in [1.29, 1.82) is 0 Å². The fourth-order valence-corrected chi connectivity index (χ4v) is 0.142.